The molecule has 0 unspecified atom stereocenters. The molecule has 3 heteroatoms. The normalized spacial score (nSPS) is 13.3. The zero-order valence-corrected chi connectivity index (χ0v) is 34.6. The Balaban J connectivity index is 0.972. The molecule has 2 nitrogen and oxygen atoms in total. The predicted octanol–water partition coefficient (Wildman–Crippen LogP) is 16.5. The zero-order valence-electron chi connectivity index (χ0n) is 33.7. The second-order valence-electron chi connectivity index (χ2n) is 16.5. The van der Waals surface area contributed by atoms with Crippen LogP contribution in [0.4, 0.5) is 34.1 Å². The molecule has 10 aromatic carbocycles. The number of fused-ring (bicyclic) bond motifs is 13. The van der Waals surface area contributed by atoms with E-state index in [9.17, 15) is 0 Å². The summed E-state index contributed by atoms with van der Waals surface area (Å²) < 4.78 is 2.62. The highest BCUT2D eigenvalue weighted by Crippen LogP contribution is 2.63. The molecule has 0 saturated carbocycles. The highest BCUT2D eigenvalue weighted by molar-refractivity contribution is 7.25. The average molecular weight is 807 g/mol. The van der Waals surface area contributed by atoms with Gasteiger partial charge in [-0.3, -0.25) is 0 Å². The standard InChI is InChI=1S/C59H38N2S/c1-2-16-43(17-3-1)61-55-23-11-9-21-52(55)59(53-22-10-12-24-56(53)61)51-20-8-6-18-47(51)48-34-29-42(37-54(48)59)40-26-30-44(31-27-40)60(45-32-28-39-14-4-5-15-41(39)36-45)46-33-35-58-50(38-46)49-19-7-13-25-57(49)62-58/h1-38H. The van der Waals surface area contributed by atoms with Crippen molar-refractivity contribution in [2.24, 2.45) is 0 Å². The van der Waals surface area contributed by atoms with Gasteiger partial charge in [-0.25, -0.2) is 0 Å². The summed E-state index contributed by atoms with van der Waals surface area (Å²) in [5.74, 6) is 0. The fourth-order valence-corrected chi connectivity index (χ4v) is 11.6. The smallest absolute Gasteiger partial charge is 0.0754 e. The van der Waals surface area contributed by atoms with Crippen molar-refractivity contribution < 1.29 is 0 Å². The largest absolute Gasteiger partial charge is 0.310 e. The Morgan fingerprint density at radius 2 is 0.935 bits per heavy atom. The summed E-state index contributed by atoms with van der Waals surface area (Å²) in [6.45, 7) is 0. The van der Waals surface area contributed by atoms with Crippen LogP contribution in [0, 0.1) is 0 Å². The van der Waals surface area contributed by atoms with Gasteiger partial charge in [-0.1, -0.05) is 152 Å². The summed E-state index contributed by atoms with van der Waals surface area (Å²) in [5, 5.41) is 5.05. The van der Waals surface area contributed by atoms with Crippen LogP contribution in [0.25, 0.3) is 53.2 Å². The Morgan fingerprint density at radius 1 is 0.355 bits per heavy atom. The minimum absolute atomic E-state index is 0.502. The quantitative estimate of drug-likeness (QED) is 0.171. The minimum Gasteiger partial charge on any atom is -0.310 e. The fourth-order valence-electron chi connectivity index (χ4n) is 10.6. The molecular formula is C59H38N2S. The predicted molar refractivity (Wildman–Crippen MR) is 263 cm³/mol. The third kappa shape index (κ3) is 5.09. The van der Waals surface area contributed by atoms with Crippen molar-refractivity contribution in [1.29, 1.82) is 0 Å². The molecule has 13 rings (SSSR count). The first kappa shape index (κ1) is 35.1. The molecule has 0 atom stereocenters. The van der Waals surface area contributed by atoms with E-state index in [1.165, 1.54) is 86.8 Å². The van der Waals surface area contributed by atoms with Crippen molar-refractivity contribution >= 4 is 76.4 Å². The van der Waals surface area contributed by atoms with Gasteiger partial charge in [0.1, 0.15) is 0 Å². The topological polar surface area (TPSA) is 6.48 Å². The third-order valence-electron chi connectivity index (χ3n) is 13.2. The summed E-state index contributed by atoms with van der Waals surface area (Å²) in [6.07, 6.45) is 0. The van der Waals surface area contributed by atoms with E-state index in [1.54, 1.807) is 0 Å². The van der Waals surface area contributed by atoms with Gasteiger partial charge in [0, 0.05) is 42.9 Å². The van der Waals surface area contributed by atoms with Gasteiger partial charge in [-0.15, -0.1) is 11.3 Å². The molecule has 0 N–H and O–H groups in total. The lowest BCUT2D eigenvalue weighted by molar-refractivity contribution is 0.753. The first-order chi connectivity index (χ1) is 30.7. The minimum atomic E-state index is -0.502. The molecule has 0 radical (unpaired) electrons. The van der Waals surface area contributed by atoms with Crippen LogP contribution in [0.3, 0.4) is 0 Å². The maximum atomic E-state index is 2.48. The van der Waals surface area contributed by atoms with Crippen molar-refractivity contribution in [1.82, 2.24) is 0 Å². The Morgan fingerprint density at radius 3 is 1.74 bits per heavy atom. The lowest BCUT2D eigenvalue weighted by atomic mass is 9.64. The summed E-state index contributed by atoms with van der Waals surface area (Å²) >= 11 is 1.86. The molecule has 0 saturated heterocycles. The van der Waals surface area contributed by atoms with E-state index in [4.69, 9.17) is 0 Å². The van der Waals surface area contributed by atoms with Crippen molar-refractivity contribution in [3.63, 3.8) is 0 Å². The monoisotopic (exact) mass is 806 g/mol. The Bertz CT molecular complexity index is 3500. The van der Waals surface area contributed by atoms with Crippen molar-refractivity contribution in [3.8, 4) is 22.3 Å². The SMILES string of the molecule is c1ccc(N2c3ccccc3C3(c4ccccc4-c4ccc(-c5ccc(N(c6ccc7ccccc7c6)c6ccc7sc8ccccc8c7c6)cc5)cc43)c3ccccc32)cc1. The van der Waals surface area contributed by atoms with Crippen LogP contribution in [-0.4, -0.2) is 0 Å². The number of para-hydroxylation sites is 3. The molecule has 290 valence electrons. The maximum Gasteiger partial charge on any atom is 0.0754 e. The van der Waals surface area contributed by atoms with Crippen LogP contribution in [0.1, 0.15) is 22.3 Å². The molecule has 2 aliphatic rings. The van der Waals surface area contributed by atoms with E-state index in [0.29, 0.717) is 0 Å². The van der Waals surface area contributed by atoms with Crippen LogP contribution in [0.2, 0.25) is 0 Å². The van der Waals surface area contributed by atoms with Gasteiger partial charge in [-0.2, -0.15) is 0 Å². The van der Waals surface area contributed by atoms with Crippen LogP contribution in [-0.2, 0) is 5.41 Å². The van der Waals surface area contributed by atoms with Crippen LogP contribution in [0.15, 0.2) is 231 Å². The van der Waals surface area contributed by atoms with Crippen LogP contribution >= 0.6 is 11.3 Å². The Hall–Kier alpha value is -7.72. The first-order valence-electron chi connectivity index (χ1n) is 21.3. The maximum absolute atomic E-state index is 2.48. The van der Waals surface area contributed by atoms with Gasteiger partial charge in [0.2, 0.25) is 0 Å². The van der Waals surface area contributed by atoms with E-state index >= 15 is 0 Å². The van der Waals surface area contributed by atoms with Crippen LogP contribution < -0.4 is 9.80 Å². The van der Waals surface area contributed by atoms with Gasteiger partial charge >= 0.3 is 0 Å². The molecule has 1 spiro atoms. The number of anilines is 6. The molecule has 1 aliphatic carbocycles. The van der Waals surface area contributed by atoms with Gasteiger partial charge in [0.05, 0.1) is 16.8 Å². The molecule has 1 aliphatic heterocycles. The van der Waals surface area contributed by atoms with E-state index in [-0.39, 0.29) is 0 Å². The lowest BCUT2D eigenvalue weighted by Gasteiger charge is -2.45. The van der Waals surface area contributed by atoms with Gasteiger partial charge in [0.25, 0.3) is 0 Å². The van der Waals surface area contributed by atoms with Gasteiger partial charge in [-0.05, 0) is 134 Å². The van der Waals surface area contributed by atoms with Crippen molar-refractivity contribution in [2.75, 3.05) is 9.80 Å². The highest BCUT2D eigenvalue weighted by atomic mass is 32.1. The molecule has 1 aromatic heterocycles. The molecular weight excluding hydrogens is 769 g/mol. The molecule has 0 bridgehead atoms. The Kier molecular flexibility index (Phi) is 7.72. The summed E-state index contributed by atoms with van der Waals surface area (Å²) in [6, 6.07) is 85.4. The molecule has 62 heavy (non-hydrogen) atoms. The third-order valence-corrected chi connectivity index (χ3v) is 14.4. The van der Waals surface area contributed by atoms with E-state index in [1.807, 2.05) is 11.3 Å². The van der Waals surface area contributed by atoms with E-state index in [2.05, 4.69) is 240 Å². The van der Waals surface area contributed by atoms with E-state index in [0.717, 1.165) is 22.7 Å². The highest BCUT2D eigenvalue weighted by Gasteiger charge is 2.51. The van der Waals surface area contributed by atoms with Gasteiger partial charge < -0.3 is 9.80 Å². The number of nitrogens with zero attached hydrogens (tertiary/aromatic N) is 2. The van der Waals surface area contributed by atoms with Gasteiger partial charge in [0.15, 0.2) is 0 Å². The molecule has 2 heterocycles. The zero-order chi connectivity index (χ0) is 40.8. The molecule has 0 fully saturated rings. The summed E-state index contributed by atoms with van der Waals surface area (Å²) in [7, 11) is 0. The first-order valence-corrected chi connectivity index (χ1v) is 22.1. The summed E-state index contributed by atoms with van der Waals surface area (Å²) in [5.41, 5.74) is 16.7. The average Bonchev–Trinajstić information content (AvgIpc) is 3.85. The van der Waals surface area contributed by atoms with Crippen LogP contribution in [0.5, 0.6) is 0 Å². The van der Waals surface area contributed by atoms with E-state index < -0.39 is 5.41 Å². The fraction of sp³-hybridized carbons (Fsp3) is 0.0169. The second kappa shape index (κ2) is 13.7. The van der Waals surface area contributed by atoms with Crippen molar-refractivity contribution in [3.05, 3.63) is 253 Å². The van der Waals surface area contributed by atoms with Crippen molar-refractivity contribution in [2.45, 2.75) is 5.41 Å². The molecule has 11 aromatic rings. The molecule has 0 amide bonds. The number of benzene rings is 10. The summed E-state index contributed by atoms with van der Waals surface area (Å²) in [4.78, 5) is 4.85. The second-order valence-corrected chi connectivity index (χ2v) is 17.5. The number of hydrogen-bond acceptors (Lipinski definition) is 3. The number of rotatable bonds is 5. The Labute approximate surface area is 364 Å². The number of thiophene rings is 1. The number of hydrogen-bond donors (Lipinski definition) is 0. The lowest BCUT2D eigenvalue weighted by Crippen LogP contribution is -2.36.